The number of hydrogen-bond donors (Lipinski definition) is 3. The molecule has 0 spiro atoms. The average molecular weight is 533 g/mol. The summed E-state index contributed by atoms with van der Waals surface area (Å²) in [5, 5.41) is 8.35. The van der Waals surface area contributed by atoms with Crippen LogP contribution in [0.25, 0.3) is 45.1 Å². The van der Waals surface area contributed by atoms with Gasteiger partial charge in [0.25, 0.3) is 5.56 Å². The van der Waals surface area contributed by atoms with Crippen LogP contribution in [-0.2, 0) is 0 Å². The summed E-state index contributed by atoms with van der Waals surface area (Å²) in [7, 11) is 0. The van der Waals surface area contributed by atoms with E-state index in [0.29, 0.717) is 39.3 Å². The van der Waals surface area contributed by atoms with Crippen molar-refractivity contribution in [3.05, 3.63) is 118 Å². The van der Waals surface area contributed by atoms with Crippen LogP contribution in [0.15, 0.2) is 102 Å². The van der Waals surface area contributed by atoms with Gasteiger partial charge in [-0.1, -0.05) is 48.0 Å². The molecule has 190 valence electrons. The van der Waals surface area contributed by atoms with Crippen molar-refractivity contribution in [2.24, 2.45) is 5.73 Å². The molecule has 0 radical (unpaired) electrons. The fourth-order valence-corrected chi connectivity index (χ4v) is 4.50. The number of aromatic nitrogens is 5. The molecule has 9 nitrogen and oxygen atoms in total. The Kier molecular flexibility index (Phi) is 5.90. The van der Waals surface area contributed by atoms with Crippen LogP contribution >= 0.6 is 11.6 Å². The van der Waals surface area contributed by atoms with E-state index in [0.717, 1.165) is 16.7 Å². The van der Waals surface area contributed by atoms with Crippen molar-refractivity contribution in [3.63, 3.8) is 0 Å². The number of imidazole rings is 1. The molecule has 6 rings (SSSR count). The Morgan fingerprint density at radius 3 is 2.26 bits per heavy atom. The van der Waals surface area contributed by atoms with Crippen LogP contribution in [0.1, 0.15) is 5.56 Å². The molecule has 5 N–H and O–H groups in total. The van der Waals surface area contributed by atoms with E-state index in [2.05, 4.69) is 9.97 Å². The minimum absolute atomic E-state index is 0.0589. The van der Waals surface area contributed by atoms with Gasteiger partial charge in [-0.25, -0.2) is 15.0 Å². The van der Waals surface area contributed by atoms with Crippen LogP contribution < -0.4 is 17.0 Å². The highest BCUT2D eigenvalue weighted by Gasteiger charge is 2.19. The maximum absolute atomic E-state index is 13.9. The Morgan fingerprint density at radius 2 is 1.56 bits per heavy atom. The highest BCUT2D eigenvalue weighted by molar-refractivity contribution is 6.30. The fraction of sp³-hybridized carbons (Fsp3) is 0. The predicted molar refractivity (Wildman–Crippen MR) is 154 cm³/mol. The number of benzene rings is 3. The van der Waals surface area contributed by atoms with Crippen LogP contribution in [0.2, 0.25) is 5.02 Å². The van der Waals surface area contributed by atoms with Gasteiger partial charge in [-0.3, -0.25) is 19.3 Å². The molecule has 0 aliphatic carbocycles. The first-order valence-corrected chi connectivity index (χ1v) is 12.3. The number of rotatable bonds is 5. The molecule has 39 heavy (non-hydrogen) atoms. The summed E-state index contributed by atoms with van der Waals surface area (Å²) < 4.78 is 3.25. The molecule has 3 aromatic carbocycles. The Morgan fingerprint density at radius 1 is 0.846 bits per heavy atom. The SMILES string of the molecule is N=C(N)c1cccc(-n2cnc3c(=O)n(-c4ccc(Cl)cc4)c(-c4ccc(-c5ccc(N)nc5)cc4)nc32)c1. The number of amidine groups is 1. The maximum atomic E-state index is 13.9. The van der Waals surface area contributed by atoms with E-state index < -0.39 is 0 Å². The molecular weight excluding hydrogens is 512 g/mol. The number of nitrogens with zero attached hydrogens (tertiary/aromatic N) is 5. The van der Waals surface area contributed by atoms with Gasteiger partial charge < -0.3 is 11.5 Å². The minimum atomic E-state index is -0.328. The summed E-state index contributed by atoms with van der Waals surface area (Å²) in [5.41, 5.74) is 16.1. The average Bonchev–Trinajstić information content (AvgIpc) is 3.39. The summed E-state index contributed by atoms with van der Waals surface area (Å²) >= 11 is 6.13. The van der Waals surface area contributed by atoms with Crippen molar-refractivity contribution in [1.29, 1.82) is 5.41 Å². The van der Waals surface area contributed by atoms with Gasteiger partial charge in [0.1, 0.15) is 23.8 Å². The zero-order chi connectivity index (χ0) is 27.1. The van der Waals surface area contributed by atoms with Gasteiger partial charge in [0.05, 0.1) is 5.69 Å². The van der Waals surface area contributed by atoms with E-state index in [-0.39, 0.29) is 16.9 Å². The van der Waals surface area contributed by atoms with E-state index in [1.807, 2.05) is 36.4 Å². The Balaban J connectivity index is 1.57. The molecule has 0 fully saturated rings. The molecule has 0 bridgehead atoms. The van der Waals surface area contributed by atoms with Crippen molar-refractivity contribution < 1.29 is 0 Å². The summed E-state index contributed by atoms with van der Waals surface area (Å²) in [6, 6.07) is 25.5. The molecular formula is C29H21ClN8O. The molecule has 0 atom stereocenters. The van der Waals surface area contributed by atoms with Crippen LogP contribution in [0.4, 0.5) is 5.82 Å². The van der Waals surface area contributed by atoms with Gasteiger partial charge in [0.2, 0.25) is 0 Å². The van der Waals surface area contributed by atoms with Crippen molar-refractivity contribution in [2.75, 3.05) is 5.73 Å². The smallest absolute Gasteiger partial charge is 0.286 e. The van der Waals surface area contributed by atoms with Gasteiger partial charge in [-0.05, 0) is 54.1 Å². The number of fused-ring (bicyclic) bond motifs is 1. The molecule has 0 saturated carbocycles. The number of nitrogens with two attached hydrogens (primary N) is 2. The third-order valence-corrected chi connectivity index (χ3v) is 6.61. The summed E-state index contributed by atoms with van der Waals surface area (Å²) in [5.74, 6) is 0.822. The lowest BCUT2D eigenvalue weighted by molar-refractivity contribution is 0.962. The number of halogens is 1. The third-order valence-electron chi connectivity index (χ3n) is 6.35. The van der Waals surface area contributed by atoms with Crippen LogP contribution in [0, 0.1) is 5.41 Å². The molecule has 10 heteroatoms. The number of anilines is 1. The first kappa shape index (κ1) is 24.1. The molecule has 0 saturated heterocycles. The highest BCUT2D eigenvalue weighted by Crippen LogP contribution is 2.27. The summed E-state index contributed by atoms with van der Waals surface area (Å²) in [6.07, 6.45) is 3.26. The normalized spacial score (nSPS) is 11.1. The lowest BCUT2D eigenvalue weighted by atomic mass is 10.1. The highest BCUT2D eigenvalue weighted by atomic mass is 35.5. The molecule has 3 heterocycles. The van der Waals surface area contributed by atoms with Crippen molar-refractivity contribution in [3.8, 4) is 33.9 Å². The van der Waals surface area contributed by atoms with Gasteiger partial charge in [0, 0.05) is 33.6 Å². The standard InChI is InChI=1S/C29H21ClN8O/c30-21-9-11-22(12-10-21)38-27(18-6-4-17(5-7-18)20-8-13-24(31)34-15-20)36-28-25(29(38)39)35-16-37(28)23-3-1-2-19(14-23)26(32)33/h1-16H,(H2,31,34)(H3,32,33). The molecule has 0 amide bonds. The molecule has 0 aliphatic rings. The molecule has 3 aromatic heterocycles. The van der Waals surface area contributed by atoms with Crippen molar-refractivity contribution in [1.82, 2.24) is 24.1 Å². The minimum Gasteiger partial charge on any atom is -0.384 e. The Labute approximate surface area is 227 Å². The monoisotopic (exact) mass is 532 g/mol. The summed E-state index contributed by atoms with van der Waals surface area (Å²) in [4.78, 5) is 27.4. The third kappa shape index (κ3) is 4.41. The molecule has 0 aliphatic heterocycles. The molecule has 0 unspecified atom stereocenters. The second kappa shape index (κ2) is 9.55. The lowest BCUT2D eigenvalue weighted by Gasteiger charge is -2.14. The predicted octanol–water partition coefficient (Wildman–Crippen LogP) is 4.82. The van der Waals surface area contributed by atoms with Gasteiger partial charge in [-0.2, -0.15) is 0 Å². The second-order valence-electron chi connectivity index (χ2n) is 8.85. The molecule has 6 aromatic rings. The topological polar surface area (TPSA) is 141 Å². The number of nitrogens with one attached hydrogen (secondary N) is 1. The van der Waals surface area contributed by atoms with Gasteiger partial charge in [0.15, 0.2) is 11.2 Å². The zero-order valence-electron chi connectivity index (χ0n) is 20.4. The van der Waals surface area contributed by atoms with Crippen molar-refractivity contribution in [2.45, 2.75) is 0 Å². The first-order chi connectivity index (χ1) is 18.9. The van der Waals surface area contributed by atoms with Crippen LogP contribution in [-0.4, -0.2) is 29.9 Å². The second-order valence-corrected chi connectivity index (χ2v) is 9.29. The Hall–Kier alpha value is -5.28. The van der Waals surface area contributed by atoms with Crippen LogP contribution in [0.5, 0.6) is 0 Å². The first-order valence-electron chi connectivity index (χ1n) is 11.9. The fourth-order valence-electron chi connectivity index (χ4n) is 4.38. The zero-order valence-corrected chi connectivity index (χ0v) is 21.2. The number of hydrogen-bond acceptors (Lipinski definition) is 6. The lowest BCUT2D eigenvalue weighted by Crippen LogP contribution is -2.22. The van der Waals surface area contributed by atoms with Gasteiger partial charge >= 0.3 is 0 Å². The van der Waals surface area contributed by atoms with E-state index in [1.165, 1.54) is 4.57 Å². The van der Waals surface area contributed by atoms with Crippen LogP contribution in [0.3, 0.4) is 0 Å². The van der Waals surface area contributed by atoms with E-state index in [4.69, 9.17) is 33.5 Å². The van der Waals surface area contributed by atoms with E-state index in [1.54, 1.807) is 65.6 Å². The maximum Gasteiger partial charge on any atom is 0.286 e. The Bertz CT molecular complexity index is 1910. The quantitative estimate of drug-likeness (QED) is 0.215. The van der Waals surface area contributed by atoms with E-state index >= 15 is 0 Å². The van der Waals surface area contributed by atoms with E-state index in [9.17, 15) is 4.79 Å². The van der Waals surface area contributed by atoms with Gasteiger partial charge in [-0.15, -0.1) is 0 Å². The van der Waals surface area contributed by atoms with Crippen molar-refractivity contribution >= 4 is 34.4 Å². The number of pyridine rings is 1. The largest absolute Gasteiger partial charge is 0.384 e. The summed E-state index contributed by atoms with van der Waals surface area (Å²) in [6.45, 7) is 0. The number of nitrogen functional groups attached to an aromatic ring is 2.